The standard InChI is InChI=1S/C10H21N3O/c1-9-3-2-6-13(7-9)8-10(14)12-5-4-11/h9H,2-8,11H2,1H3,(H,12,14). The Morgan fingerprint density at radius 1 is 1.64 bits per heavy atom. The monoisotopic (exact) mass is 199 g/mol. The van der Waals surface area contributed by atoms with E-state index in [0.29, 0.717) is 19.6 Å². The minimum absolute atomic E-state index is 0.101. The number of amides is 1. The lowest BCUT2D eigenvalue weighted by molar-refractivity contribution is -0.122. The Labute approximate surface area is 85.8 Å². The van der Waals surface area contributed by atoms with Crippen molar-refractivity contribution < 1.29 is 4.79 Å². The second-order valence-corrected chi connectivity index (χ2v) is 4.12. The summed E-state index contributed by atoms with van der Waals surface area (Å²) in [6.07, 6.45) is 2.51. The molecule has 4 heteroatoms. The van der Waals surface area contributed by atoms with Gasteiger partial charge in [0.1, 0.15) is 0 Å². The van der Waals surface area contributed by atoms with Crippen molar-refractivity contribution in [3.8, 4) is 0 Å². The number of nitrogens with one attached hydrogen (secondary N) is 1. The molecule has 82 valence electrons. The quantitative estimate of drug-likeness (QED) is 0.659. The summed E-state index contributed by atoms with van der Waals surface area (Å²) in [7, 11) is 0. The molecule has 14 heavy (non-hydrogen) atoms. The Morgan fingerprint density at radius 3 is 3.07 bits per heavy atom. The van der Waals surface area contributed by atoms with Gasteiger partial charge in [0.15, 0.2) is 0 Å². The second-order valence-electron chi connectivity index (χ2n) is 4.12. The predicted molar refractivity (Wildman–Crippen MR) is 56.9 cm³/mol. The first-order valence-electron chi connectivity index (χ1n) is 5.41. The fraction of sp³-hybridized carbons (Fsp3) is 0.900. The fourth-order valence-electron chi connectivity index (χ4n) is 1.90. The Morgan fingerprint density at radius 2 is 2.43 bits per heavy atom. The van der Waals surface area contributed by atoms with Crippen LogP contribution in [0.25, 0.3) is 0 Å². The van der Waals surface area contributed by atoms with Crippen LogP contribution in [-0.4, -0.2) is 43.5 Å². The SMILES string of the molecule is CC1CCCN(CC(=O)NCCN)C1. The largest absolute Gasteiger partial charge is 0.354 e. The molecular formula is C10H21N3O. The summed E-state index contributed by atoms with van der Waals surface area (Å²) < 4.78 is 0. The van der Waals surface area contributed by atoms with Gasteiger partial charge < -0.3 is 11.1 Å². The van der Waals surface area contributed by atoms with Gasteiger partial charge in [0.05, 0.1) is 6.54 Å². The van der Waals surface area contributed by atoms with Crippen LogP contribution in [0.5, 0.6) is 0 Å². The van der Waals surface area contributed by atoms with E-state index in [4.69, 9.17) is 5.73 Å². The van der Waals surface area contributed by atoms with Crippen molar-refractivity contribution in [2.75, 3.05) is 32.7 Å². The molecular weight excluding hydrogens is 178 g/mol. The molecule has 4 nitrogen and oxygen atoms in total. The van der Waals surface area contributed by atoms with E-state index in [9.17, 15) is 4.79 Å². The van der Waals surface area contributed by atoms with Gasteiger partial charge >= 0.3 is 0 Å². The summed E-state index contributed by atoms with van der Waals surface area (Å²) in [5.74, 6) is 0.829. The van der Waals surface area contributed by atoms with Gasteiger partial charge in [-0.05, 0) is 25.3 Å². The van der Waals surface area contributed by atoms with Gasteiger partial charge in [-0.15, -0.1) is 0 Å². The van der Waals surface area contributed by atoms with Crippen LogP contribution in [0.2, 0.25) is 0 Å². The zero-order valence-electron chi connectivity index (χ0n) is 8.96. The van der Waals surface area contributed by atoms with Crippen molar-refractivity contribution in [3.63, 3.8) is 0 Å². The minimum Gasteiger partial charge on any atom is -0.354 e. The molecule has 0 bridgehead atoms. The van der Waals surface area contributed by atoms with Crippen molar-refractivity contribution in [2.45, 2.75) is 19.8 Å². The van der Waals surface area contributed by atoms with Crippen molar-refractivity contribution in [1.29, 1.82) is 0 Å². The van der Waals surface area contributed by atoms with Gasteiger partial charge in [0, 0.05) is 19.6 Å². The first-order chi connectivity index (χ1) is 6.72. The lowest BCUT2D eigenvalue weighted by Gasteiger charge is -2.30. The average molecular weight is 199 g/mol. The zero-order valence-corrected chi connectivity index (χ0v) is 8.96. The van der Waals surface area contributed by atoms with Gasteiger partial charge in [0.25, 0.3) is 0 Å². The first-order valence-corrected chi connectivity index (χ1v) is 5.41. The summed E-state index contributed by atoms with van der Waals surface area (Å²) in [5.41, 5.74) is 5.30. The molecule has 0 aliphatic carbocycles. The Hall–Kier alpha value is -0.610. The fourth-order valence-corrected chi connectivity index (χ4v) is 1.90. The van der Waals surface area contributed by atoms with E-state index in [-0.39, 0.29) is 5.91 Å². The number of carbonyl (C=O) groups is 1. The summed E-state index contributed by atoms with van der Waals surface area (Å²) in [6.45, 7) is 5.98. The molecule has 0 saturated carbocycles. The van der Waals surface area contributed by atoms with E-state index in [0.717, 1.165) is 19.0 Å². The van der Waals surface area contributed by atoms with Gasteiger partial charge in [-0.1, -0.05) is 6.92 Å². The number of piperidine rings is 1. The highest BCUT2D eigenvalue weighted by Gasteiger charge is 2.17. The van der Waals surface area contributed by atoms with Crippen LogP contribution >= 0.6 is 0 Å². The predicted octanol–water partition coefficient (Wildman–Crippen LogP) is -0.207. The van der Waals surface area contributed by atoms with Gasteiger partial charge in [-0.3, -0.25) is 9.69 Å². The van der Waals surface area contributed by atoms with Crippen LogP contribution in [0.4, 0.5) is 0 Å². The maximum absolute atomic E-state index is 11.4. The molecule has 1 aliphatic rings. The van der Waals surface area contributed by atoms with E-state index in [1.165, 1.54) is 12.8 Å². The molecule has 1 heterocycles. The molecule has 1 aliphatic heterocycles. The van der Waals surface area contributed by atoms with Crippen LogP contribution in [-0.2, 0) is 4.79 Å². The average Bonchev–Trinajstić information content (AvgIpc) is 2.15. The third kappa shape index (κ3) is 4.07. The zero-order chi connectivity index (χ0) is 10.4. The second kappa shape index (κ2) is 5.98. The molecule has 0 aromatic rings. The molecule has 0 radical (unpaired) electrons. The molecule has 1 amide bonds. The van der Waals surface area contributed by atoms with Crippen LogP contribution in [0, 0.1) is 5.92 Å². The van der Waals surface area contributed by atoms with E-state index in [1.807, 2.05) is 0 Å². The molecule has 1 rings (SSSR count). The number of nitrogens with two attached hydrogens (primary N) is 1. The topological polar surface area (TPSA) is 58.4 Å². The number of carbonyl (C=O) groups excluding carboxylic acids is 1. The van der Waals surface area contributed by atoms with E-state index >= 15 is 0 Å². The van der Waals surface area contributed by atoms with E-state index in [1.54, 1.807) is 0 Å². The maximum atomic E-state index is 11.4. The molecule has 0 spiro atoms. The minimum atomic E-state index is 0.101. The highest BCUT2D eigenvalue weighted by Crippen LogP contribution is 2.14. The first kappa shape index (κ1) is 11.5. The summed E-state index contributed by atoms with van der Waals surface area (Å²) in [4.78, 5) is 13.6. The molecule has 0 aromatic carbocycles. The number of likely N-dealkylation sites (tertiary alicyclic amines) is 1. The number of hydrogen-bond acceptors (Lipinski definition) is 3. The molecule has 1 fully saturated rings. The summed E-state index contributed by atoms with van der Waals surface area (Å²) in [6, 6.07) is 0. The molecule has 1 atom stereocenters. The Bertz CT molecular complexity index is 184. The van der Waals surface area contributed by atoms with E-state index in [2.05, 4.69) is 17.1 Å². The highest BCUT2D eigenvalue weighted by molar-refractivity contribution is 5.77. The molecule has 1 unspecified atom stereocenters. The van der Waals surface area contributed by atoms with Crippen LogP contribution < -0.4 is 11.1 Å². The Balaban J connectivity index is 2.18. The lowest BCUT2D eigenvalue weighted by atomic mass is 10.0. The number of rotatable bonds is 4. The van der Waals surface area contributed by atoms with Crippen molar-refractivity contribution in [3.05, 3.63) is 0 Å². The van der Waals surface area contributed by atoms with Crippen molar-refractivity contribution in [1.82, 2.24) is 10.2 Å². The lowest BCUT2D eigenvalue weighted by Crippen LogP contribution is -2.43. The van der Waals surface area contributed by atoms with Gasteiger partial charge in [0.2, 0.25) is 5.91 Å². The summed E-state index contributed by atoms with van der Waals surface area (Å²) >= 11 is 0. The smallest absolute Gasteiger partial charge is 0.234 e. The van der Waals surface area contributed by atoms with Crippen LogP contribution in [0.3, 0.4) is 0 Å². The van der Waals surface area contributed by atoms with Crippen molar-refractivity contribution in [2.24, 2.45) is 11.7 Å². The van der Waals surface area contributed by atoms with Gasteiger partial charge in [-0.2, -0.15) is 0 Å². The molecule has 3 N–H and O–H groups in total. The van der Waals surface area contributed by atoms with Gasteiger partial charge in [-0.25, -0.2) is 0 Å². The summed E-state index contributed by atoms with van der Waals surface area (Å²) in [5, 5.41) is 2.79. The van der Waals surface area contributed by atoms with E-state index < -0.39 is 0 Å². The third-order valence-corrected chi connectivity index (χ3v) is 2.57. The highest BCUT2D eigenvalue weighted by atomic mass is 16.2. The number of nitrogens with zero attached hydrogens (tertiary/aromatic N) is 1. The normalized spacial score (nSPS) is 23.4. The Kier molecular flexibility index (Phi) is 4.90. The number of hydrogen-bond donors (Lipinski definition) is 2. The molecule has 1 saturated heterocycles. The van der Waals surface area contributed by atoms with Crippen LogP contribution in [0.1, 0.15) is 19.8 Å². The maximum Gasteiger partial charge on any atom is 0.234 e. The third-order valence-electron chi connectivity index (χ3n) is 2.57. The van der Waals surface area contributed by atoms with Crippen molar-refractivity contribution >= 4 is 5.91 Å². The van der Waals surface area contributed by atoms with Crippen LogP contribution in [0.15, 0.2) is 0 Å². The molecule has 0 aromatic heterocycles.